The molecule has 0 fully saturated rings. The maximum absolute atomic E-state index is 3.63. The van der Waals surface area contributed by atoms with Gasteiger partial charge in [-0.3, -0.25) is 0 Å². The highest BCUT2D eigenvalue weighted by molar-refractivity contribution is 4.71. The summed E-state index contributed by atoms with van der Waals surface area (Å²) in [5, 5.41) is 3.63. The van der Waals surface area contributed by atoms with Crippen LogP contribution in [0, 0.1) is 11.8 Å². The molecule has 2 atom stereocenters. The molecule has 0 rings (SSSR count). The summed E-state index contributed by atoms with van der Waals surface area (Å²) in [6.07, 6.45) is 3.93. The lowest BCUT2D eigenvalue weighted by Crippen LogP contribution is -2.35. The van der Waals surface area contributed by atoms with Crippen LogP contribution in [-0.2, 0) is 0 Å². The molecular formula is C13H29N. The van der Waals surface area contributed by atoms with Gasteiger partial charge in [0.05, 0.1) is 0 Å². The first-order valence-corrected chi connectivity index (χ1v) is 6.21. The normalized spacial score (nSPS) is 16.3. The summed E-state index contributed by atoms with van der Waals surface area (Å²) < 4.78 is 0. The molecule has 0 aromatic heterocycles. The molecule has 86 valence electrons. The first-order valence-electron chi connectivity index (χ1n) is 6.21. The highest BCUT2D eigenvalue weighted by Crippen LogP contribution is 2.17. The van der Waals surface area contributed by atoms with Gasteiger partial charge in [0, 0.05) is 12.1 Å². The summed E-state index contributed by atoms with van der Waals surface area (Å²) in [5.41, 5.74) is 0. The van der Waals surface area contributed by atoms with Gasteiger partial charge in [-0.25, -0.2) is 0 Å². The van der Waals surface area contributed by atoms with Gasteiger partial charge in [-0.1, -0.05) is 41.5 Å². The highest BCUT2D eigenvalue weighted by Gasteiger charge is 2.13. The third-order valence-electron chi connectivity index (χ3n) is 2.62. The topological polar surface area (TPSA) is 12.0 Å². The van der Waals surface area contributed by atoms with E-state index < -0.39 is 0 Å². The Labute approximate surface area is 90.7 Å². The highest BCUT2D eigenvalue weighted by atomic mass is 14.9. The lowest BCUT2D eigenvalue weighted by Gasteiger charge is -2.24. The Balaban J connectivity index is 3.79. The minimum absolute atomic E-state index is 0.617. The predicted molar refractivity (Wildman–Crippen MR) is 65.6 cm³/mol. The molecule has 0 spiro atoms. The number of rotatable bonds is 7. The molecule has 0 amide bonds. The van der Waals surface area contributed by atoms with Crippen LogP contribution in [0.4, 0.5) is 0 Å². The summed E-state index contributed by atoms with van der Waals surface area (Å²) in [5.74, 6) is 1.69. The minimum Gasteiger partial charge on any atom is -0.312 e. The van der Waals surface area contributed by atoms with Crippen LogP contribution >= 0.6 is 0 Å². The molecule has 0 aliphatic rings. The van der Waals surface area contributed by atoms with E-state index in [0.29, 0.717) is 12.1 Å². The van der Waals surface area contributed by atoms with Crippen molar-refractivity contribution in [3.8, 4) is 0 Å². The lowest BCUT2D eigenvalue weighted by atomic mass is 9.91. The van der Waals surface area contributed by atoms with Crippen molar-refractivity contribution < 1.29 is 0 Å². The standard InChI is InChI=1S/C13H29N/c1-7-13(14-11(4)5)9-12(6)8-10(2)3/h10-14H,7-9H2,1-6H3. The van der Waals surface area contributed by atoms with Crippen LogP contribution < -0.4 is 5.32 Å². The average Bonchev–Trinajstić information content (AvgIpc) is 2.00. The Morgan fingerprint density at radius 3 is 1.86 bits per heavy atom. The van der Waals surface area contributed by atoms with E-state index in [-0.39, 0.29) is 0 Å². The zero-order valence-electron chi connectivity index (χ0n) is 10.9. The molecule has 2 unspecified atom stereocenters. The molecule has 0 aliphatic carbocycles. The minimum atomic E-state index is 0.617. The van der Waals surface area contributed by atoms with E-state index in [0.717, 1.165) is 11.8 Å². The van der Waals surface area contributed by atoms with Crippen molar-refractivity contribution in [1.29, 1.82) is 0 Å². The molecule has 0 aliphatic heterocycles. The molecule has 0 saturated heterocycles. The van der Waals surface area contributed by atoms with Gasteiger partial charge in [-0.15, -0.1) is 0 Å². The van der Waals surface area contributed by atoms with Gasteiger partial charge >= 0.3 is 0 Å². The summed E-state index contributed by atoms with van der Waals surface area (Å²) in [4.78, 5) is 0. The fourth-order valence-electron chi connectivity index (χ4n) is 2.21. The van der Waals surface area contributed by atoms with Gasteiger partial charge in [-0.05, 0) is 31.1 Å². The molecule has 1 heteroatoms. The first-order chi connectivity index (χ1) is 6.45. The second-order valence-corrected chi connectivity index (χ2v) is 5.40. The Morgan fingerprint density at radius 1 is 0.929 bits per heavy atom. The molecule has 14 heavy (non-hydrogen) atoms. The molecule has 0 heterocycles. The van der Waals surface area contributed by atoms with E-state index in [1.807, 2.05) is 0 Å². The molecule has 0 saturated carbocycles. The smallest absolute Gasteiger partial charge is 0.00693 e. The third kappa shape index (κ3) is 7.37. The second-order valence-electron chi connectivity index (χ2n) is 5.40. The van der Waals surface area contributed by atoms with Crippen molar-refractivity contribution >= 4 is 0 Å². The molecule has 0 radical (unpaired) electrons. The number of hydrogen-bond acceptors (Lipinski definition) is 1. The maximum atomic E-state index is 3.63. The Hall–Kier alpha value is -0.0400. The van der Waals surface area contributed by atoms with Crippen LogP contribution in [0.25, 0.3) is 0 Å². The molecule has 1 N–H and O–H groups in total. The summed E-state index contributed by atoms with van der Waals surface area (Å²) in [6, 6.07) is 1.33. The Morgan fingerprint density at radius 2 is 1.50 bits per heavy atom. The molecule has 1 nitrogen and oxygen atoms in total. The SMILES string of the molecule is CCC(CC(C)CC(C)C)NC(C)C. The molecule has 0 aromatic carbocycles. The first kappa shape index (κ1) is 14.0. The largest absolute Gasteiger partial charge is 0.312 e. The van der Waals surface area contributed by atoms with Gasteiger partial charge in [0.25, 0.3) is 0 Å². The zero-order valence-corrected chi connectivity index (χ0v) is 10.9. The Bertz CT molecular complexity index is 129. The predicted octanol–water partition coefficient (Wildman–Crippen LogP) is 3.84. The van der Waals surface area contributed by atoms with E-state index in [9.17, 15) is 0 Å². The van der Waals surface area contributed by atoms with Gasteiger partial charge in [0.15, 0.2) is 0 Å². The van der Waals surface area contributed by atoms with Crippen molar-refractivity contribution in [2.24, 2.45) is 11.8 Å². The van der Waals surface area contributed by atoms with Crippen LogP contribution in [0.5, 0.6) is 0 Å². The van der Waals surface area contributed by atoms with Crippen molar-refractivity contribution in [2.45, 2.75) is 72.9 Å². The van der Waals surface area contributed by atoms with Crippen LogP contribution in [0.3, 0.4) is 0 Å². The third-order valence-corrected chi connectivity index (χ3v) is 2.62. The van der Waals surface area contributed by atoms with Crippen LogP contribution in [0.2, 0.25) is 0 Å². The summed E-state index contributed by atoms with van der Waals surface area (Å²) in [6.45, 7) is 13.7. The van der Waals surface area contributed by atoms with Crippen molar-refractivity contribution in [2.75, 3.05) is 0 Å². The quantitative estimate of drug-likeness (QED) is 0.657. The van der Waals surface area contributed by atoms with Gasteiger partial charge < -0.3 is 5.32 Å². The molecule has 0 aromatic rings. The summed E-state index contributed by atoms with van der Waals surface area (Å²) in [7, 11) is 0. The summed E-state index contributed by atoms with van der Waals surface area (Å²) >= 11 is 0. The molecule has 0 bridgehead atoms. The van der Waals surface area contributed by atoms with E-state index in [4.69, 9.17) is 0 Å². The van der Waals surface area contributed by atoms with E-state index in [1.165, 1.54) is 19.3 Å². The van der Waals surface area contributed by atoms with Crippen LogP contribution in [0.1, 0.15) is 60.8 Å². The van der Waals surface area contributed by atoms with E-state index in [1.54, 1.807) is 0 Å². The van der Waals surface area contributed by atoms with Crippen LogP contribution in [-0.4, -0.2) is 12.1 Å². The van der Waals surface area contributed by atoms with E-state index in [2.05, 4.69) is 46.9 Å². The van der Waals surface area contributed by atoms with Gasteiger partial charge in [-0.2, -0.15) is 0 Å². The van der Waals surface area contributed by atoms with Crippen molar-refractivity contribution in [3.63, 3.8) is 0 Å². The fourth-order valence-corrected chi connectivity index (χ4v) is 2.21. The second kappa shape index (κ2) is 7.28. The zero-order chi connectivity index (χ0) is 11.1. The average molecular weight is 199 g/mol. The van der Waals surface area contributed by atoms with Gasteiger partial charge in [0.2, 0.25) is 0 Å². The number of hydrogen-bond donors (Lipinski definition) is 1. The molecular weight excluding hydrogens is 170 g/mol. The number of nitrogens with one attached hydrogen (secondary N) is 1. The van der Waals surface area contributed by atoms with Crippen molar-refractivity contribution in [3.05, 3.63) is 0 Å². The fraction of sp³-hybridized carbons (Fsp3) is 1.00. The maximum Gasteiger partial charge on any atom is 0.00693 e. The Kier molecular flexibility index (Phi) is 7.26. The van der Waals surface area contributed by atoms with Crippen molar-refractivity contribution in [1.82, 2.24) is 5.32 Å². The lowest BCUT2D eigenvalue weighted by molar-refractivity contribution is 0.333. The monoisotopic (exact) mass is 199 g/mol. The van der Waals surface area contributed by atoms with E-state index >= 15 is 0 Å². The van der Waals surface area contributed by atoms with Gasteiger partial charge in [0.1, 0.15) is 0 Å². The van der Waals surface area contributed by atoms with Crippen LogP contribution in [0.15, 0.2) is 0 Å².